The molecular formula is C19H15Br2N3OS2. The summed E-state index contributed by atoms with van der Waals surface area (Å²) < 4.78 is 8.12. The lowest BCUT2D eigenvalue weighted by Gasteiger charge is -2.36. The van der Waals surface area contributed by atoms with E-state index in [0.717, 1.165) is 47.3 Å². The summed E-state index contributed by atoms with van der Waals surface area (Å²) in [6, 6.07) is 10.4. The molecule has 8 heteroatoms. The minimum atomic E-state index is -0.170. The van der Waals surface area contributed by atoms with E-state index in [9.17, 15) is 5.26 Å². The standard InChI is InChI=1S/C19H15Br2N3OS2/c1-24-8-10(6-11-2-4-15(20)26-11)18-13(9-24)17(12(7-22)19(23)25-18)14-3-5-16(21)27-14/h2-6,17H,8-9,23H2,1H3/b10-6+. The molecule has 0 radical (unpaired) electrons. The minimum absolute atomic E-state index is 0.170. The minimum Gasteiger partial charge on any atom is -0.440 e. The number of rotatable bonds is 2. The van der Waals surface area contributed by atoms with Gasteiger partial charge in [0.15, 0.2) is 0 Å². The first-order valence-corrected chi connectivity index (χ1v) is 11.4. The Morgan fingerprint density at radius 1 is 1.22 bits per heavy atom. The number of nitrogens with zero attached hydrogens (tertiary/aromatic N) is 2. The Hall–Kier alpha value is -1.37. The van der Waals surface area contributed by atoms with Crippen molar-refractivity contribution >= 4 is 60.6 Å². The fraction of sp³-hybridized carbons (Fsp3) is 0.211. The van der Waals surface area contributed by atoms with Gasteiger partial charge < -0.3 is 10.5 Å². The molecule has 2 N–H and O–H groups in total. The molecule has 2 aromatic heterocycles. The summed E-state index contributed by atoms with van der Waals surface area (Å²) in [5, 5.41) is 9.73. The van der Waals surface area contributed by atoms with Gasteiger partial charge in [-0.3, -0.25) is 4.90 Å². The number of nitriles is 1. The third kappa shape index (κ3) is 3.67. The Balaban J connectivity index is 1.86. The molecule has 2 aliphatic rings. The molecule has 0 saturated heterocycles. The molecule has 1 unspecified atom stereocenters. The summed E-state index contributed by atoms with van der Waals surface area (Å²) in [5.41, 5.74) is 8.82. The summed E-state index contributed by atoms with van der Waals surface area (Å²) in [4.78, 5) is 4.47. The van der Waals surface area contributed by atoms with Crippen LogP contribution in [-0.2, 0) is 4.74 Å². The summed E-state index contributed by atoms with van der Waals surface area (Å²) >= 11 is 10.3. The quantitative estimate of drug-likeness (QED) is 0.569. The number of allylic oxidation sites excluding steroid dienone is 1. The van der Waals surface area contributed by atoms with Crippen molar-refractivity contribution in [3.63, 3.8) is 0 Å². The highest BCUT2D eigenvalue weighted by Gasteiger charge is 2.37. The molecule has 0 aromatic carbocycles. The molecule has 0 fully saturated rings. The van der Waals surface area contributed by atoms with Gasteiger partial charge in [-0.25, -0.2) is 0 Å². The second kappa shape index (κ2) is 7.57. The number of nitrogens with two attached hydrogens (primary N) is 1. The zero-order valence-corrected chi connectivity index (χ0v) is 19.1. The lowest BCUT2D eigenvalue weighted by molar-refractivity contribution is 0.251. The van der Waals surface area contributed by atoms with E-state index in [4.69, 9.17) is 10.5 Å². The van der Waals surface area contributed by atoms with Crippen molar-refractivity contribution in [2.75, 3.05) is 20.1 Å². The molecule has 2 aliphatic heterocycles. The summed E-state index contributed by atoms with van der Waals surface area (Å²) in [7, 11) is 2.08. The number of ether oxygens (including phenoxy) is 1. The van der Waals surface area contributed by atoms with Crippen LogP contribution in [0.1, 0.15) is 15.7 Å². The van der Waals surface area contributed by atoms with Crippen LogP contribution in [0.25, 0.3) is 6.08 Å². The van der Waals surface area contributed by atoms with Crippen molar-refractivity contribution in [1.29, 1.82) is 5.26 Å². The van der Waals surface area contributed by atoms with Gasteiger partial charge in [0.25, 0.3) is 0 Å². The van der Waals surface area contributed by atoms with Crippen LogP contribution >= 0.6 is 54.5 Å². The van der Waals surface area contributed by atoms with Crippen molar-refractivity contribution in [2.45, 2.75) is 5.92 Å². The van der Waals surface area contributed by atoms with Gasteiger partial charge in [-0.2, -0.15) is 5.26 Å². The van der Waals surface area contributed by atoms with Crippen LogP contribution in [0.5, 0.6) is 0 Å². The molecule has 27 heavy (non-hydrogen) atoms. The third-order valence-electron chi connectivity index (χ3n) is 4.49. The molecule has 4 nitrogen and oxygen atoms in total. The van der Waals surface area contributed by atoms with Crippen LogP contribution in [0.4, 0.5) is 0 Å². The Labute approximate surface area is 182 Å². The van der Waals surface area contributed by atoms with Crippen molar-refractivity contribution in [2.24, 2.45) is 5.73 Å². The lowest BCUT2D eigenvalue weighted by atomic mass is 9.84. The van der Waals surface area contributed by atoms with E-state index >= 15 is 0 Å². The van der Waals surface area contributed by atoms with E-state index in [1.165, 1.54) is 0 Å². The van der Waals surface area contributed by atoms with Gasteiger partial charge in [-0.1, -0.05) is 0 Å². The van der Waals surface area contributed by atoms with Crippen molar-refractivity contribution in [1.82, 2.24) is 4.90 Å². The molecule has 1 atom stereocenters. The maximum absolute atomic E-state index is 9.73. The van der Waals surface area contributed by atoms with Gasteiger partial charge in [0.2, 0.25) is 5.88 Å². The second-order valence-corrected chi connectivity index (χ2v) is 11.4. The Morgan fingerprint density at radius 2 is 1.96 bits per heavy atom. The first-order chi connectivity index (χ1) is 13.0. The molecule has 138 valence electrons. The average molecular weight is 525 g/mol. The molecule has 0 bridgehead atoms. The van der Waals surface area contributed by atoms with Gasteiger partial charge in [-0.05, 0) is 69.2 Å². The molecular weight excluding hydrogens is 510 g/mol. The Kier molecular flexibility index (Phi) is 5.32. The van der Waals surface area contributed by atoms with E-state index in [1.54, 1.807) is 22.7 Å². The first kappa shape index (κ1) is 19.0. The average Bonchev–Trinajstić information content (AvgIpc) is 3.22. The van der Waals surface area contributed by atoms with Crippen molar-refractivity contribution in [3.05, 3.63) is 70.0 Å². The first-order valence-electron chi connectivity index (χ1n) is 8.17. The maximum atomic E-state index is 9.73. The fourth-order valence-corrected chi connectivity index (χ4v) is 6.39. The van der Waals surface area contributed by atoms with Gasteiger partial charge in [0.1, 0.15) is 17.4 Å². The molecule has 0 aliphatic carbocycles. The predicted molar refractivity (Wildman–Crippen MR) is 117 cm³/mol. The summed E-state index contributed by atoms with van der Waals surface area (Å²) in [6.45, 7) is 1.50. The summed E-state index contributed by atoms with van der Waals surface area (Å²) in [6.07, 6.45) is 2.15. The van der Waals surface area contributed by atoms with Gasteiger partial charge in [0.05, 0.1) is 13.5 Å². The third-order valence-corrected chi connectivity index (χ3v) is 7.75. The highest BCUT2D eigenvalue weighted by atomic mass is 79.9. The van der Waals surface area contributed by atoms with E-state index in [2.05, 4.69) is 62.0 Å². The van der Waals surface area contributed by atoms with Crippen LogP contribution < -0.4 is 5.73 Å². The normalized spacial score (nSPS) is 22.0. The highest BCUT2D eigenvalue weighted by molar-refractivity contribution is 9.11. The monoisotopic (exact) mass is 523 g/mol. The largest absolute Gasteiger partial charge is 0.440 e. The van der Waals surface area contributed by atoms with Crippen LogP contribution in [0.3, 0.4) is 0 Å². The Bertz CT molecular complexity index is 1040. The van der Waals surface area contributed by atoms with E-state index in [-0.39, 0.29) is 11.8 Å². The topological polar surface area (TPSA) is 62.3 Å². The second-order valence-electron chi connectivity index (χ2n) is 6.40. The number of hydrogen-bond acceptors (Lipinski definition) is 6. The molecule has 4 rings (SSSR count). The Morgan fingerprint density at radius 3 is 2.59 bits per heavy atom. The van der Waals surface area contributed by atoms with E-state index < -0.39 is 0 Å². The smallest absolute Gasteiger partial charge is 0.205 e. The van der Waals surface area contributed by atoms with Gasteiger partial charge in [-0.15, -0.1) is 22.7 Å². The van der Waals surface area contributed by atoms with E-state index in [0.29, 0.717) is 5.57 Å². The predicted octanol–water partition coefficient (Wildman–Crippen LogP) is 5.43. The van der Waals surface area contributed by atoms with Crippen LogP contribution in [0.2, 0.25) is 0 Å². The SMILES string of the molecule is CN1CC2=C(OC(N)=C(C#N)C2c2ccc(Br)s2)/C(=C/c2ccc(Br)s2)C1. The molecule has 0 spiro atoms. The zero-order chi connectivity index (χ0) is 19.1. The maximum Gasteiger partial charge on any atom is 0.205 e. The van der Waals surface area contributed by atoms with E-state index in [1.807, 2.05) is 18.2 Å². The molecule has 0 saturated carbocycles. The van der Waals surface area contributed by atoms with Crippen molar-refractivity contribution in [3.8, 4) is 6.07 Å². The number of likely N-dealkylation sites (N-methyl/N-ethyl adjacent to an activating group) is 1. The number of hydrogen-bond donors (Lipinski definition) is 1. The molecule has 0 amide bonds. The van der Waals surface area contributed by atoms with Crippen LogP contribution in [0.15, 0.2) is 60.2 Å². The number of thiophene rings is 2. The van der Waals surface area contributed by atoms with Crippen molar-refractivity contribution < 1.29 is 4.74 Å². The zero-order valence-electron chi connectivity index (χ0n) is 14.3. The van der Waals surface area contributed by atoms with Gasteiger partial charge >= 0.3 is 0 Å². The summed E-state index contributed by atoms with van der Waals surface area (Å²) in [5.74, 6) is 0.841. The van der Waals surface area contributed by atoms with Crippen LogP contribution in [0, 0.1) is 11.3 Å². The van der Waals surface area contributed by atoms with Gasteiger partial charge in [0, 0.05) is 34.0 Å². The fourth-order valence-electron chi connectivity index (χ4n) is 3.43. The lowest BCUT2D eigenvalue weighted by Crippen LogP contribution is -2.35. The molecule has 2 aromatic rings. The number of halogens is 2. The highest BCUT2D eigenvalue weighted by Crippen LogP contribution is 2.46. The molecule has 4 heterocycles. The van der Waals surface area contributed by atoms with Crippen LogP contribution in [-0.4, -0.2) is 25.0 Å².